The molecule has 4 heteroatoms. The molecule has 0 saturated heterocycles. The highest BCUT2D eigenvalue weighted by atomic mass is 16.6. The highest BCUT2D eigenvalue weighted by molar-refractivity contribution is 5.77. The van der Waals surface area contributed by atoms with Gasteiger partial charge in [0.15, 0.2) is 0 Å². The average Bonchev–Trinajstić information content (AvgIpc) is 2.25. The van der Waals surface area contributed by atoms with Crippen molar-refractivity contribution < 1.29 is 19.4 Å². The van der Waals surface area contributed by atoms with Crippen LogP contribution in [0.25, 0.3) is 0 Å². The fraction of sp³-hybridized carbons (Fsp3) is 0.462. The minimum Gasteiger partial charge on any atom is -0.478 e. The number of ether oxygens (including phenoxy) is 2. The molecule has 1 atom stereocenters. The zero-order chi connectivity index (χ0) is 13.1. The van der Waals surface area contributed by atoms with Crippen LogP contribution in [-0.4, -0.2) is 30.4 Å². The summed E-state index contributed by atoms with van der Waals surface area (Å²) in [5, 5.41) is 9.18. The summed E-state index contributed by atoms with van der Waals surface area (Å²) in [6.07, 6.45) is 0. The Hall–Kier alpha value is -1.55. The molecule has 0 aliphatic carbocycles. The first kappa shape index (κ1) is 13.5. The Morgan fingerprint density at radius 3 is 2.59 bits per heavy atom. The predicted octanol–water partition coefficient (Wildman–Crippen LogP) is 2.17. The fourth-order valence-electron chi connectivity index (χ4n) is 1.49. The topological polar surface area (TPSA) is 55.8 Å². The van der Waals surface area contributed by atoms with E-state index < -0.39 is 11.6 Å². The van der Waals surface area contributed by atoms with Crippen molar-refractivity contribution in [3.63, 3.8) is 0 Å². The summed E-state index contributed by atoms with van der Waals surface area (Å²) in [6.45, 7) is 5.35. The standard InChI is InChI=1S/C13H18O4/c1-9-6-5-7-11(10(9)2)17-13(3,8-16-4)12(14)15/h5-7H,8H2,1-4H3,(H,14,15). The maximum Gasteiger partial charge on any atom is 0.350 e. The molecule has 1 unspecified atom stereocenters. The Balaban J connectivity index is 3.02. The number of benzene rings is 1. The minimum absolute atomic E-state index is 0.00425. The van der Waals surface area contributed by atoms with Gasteiger partial charge in [-0.3, -0.25) is 0 Å². The Morgan fingerprint density at radius 1 is 1.41 bits per heavy atom. The van der Waals surface area contributed by atoms with Crippen molar-refractivity contribution in [1.29, 1.82) is 0 Å². The van der Waals surface area contributed by atoms with Crippen molar-refractivity contribution in [2.24, 2.45) is 0 Å². The van der Waals surface area contributed by atoms with Gasteiger partial charge in [-0.2, -0.15) is 0 Å². The lowest BCUT2D eigenvalue weighted by atomic mass is 10.1. The third kappa shape index (κ3) is 2.97. The van der Waals surface area contributed by atoms with Crippen LogP contribution in [0.3, 0.4) is 0 Å². The second-order valence-corrected chi connectivity index (χ2v) is 4.27. The molecule has 17 heavy (non-hydrogen) atoms. The average molecular weight is 238 g/mol. The molecule has 1 N–H and O–H groups in total. The lowest BCUT2D eigenvalue weighted by Crippen LogP contribution is -2.45. The summed E-state index contributed by atoms with van der Waals surface area (Å²) >= 11 is 0. The largest absolute Gasteiger partial charge is 0.478 e. The van der Waals surface area contributed by atoms with Gasteiger partial charge in [0.05, 0.1) is 6.61 Å². The monoisotopic (exact) mass is 238 g/mol. The molecule has 1 aromatic rings. The van der Waals surface area contributed by atoms with Crippen LogP contribution in [0.5, 0.6) is 5.75 Å². The molecular formula is C13H18O4. The number of hydrogen-bond acceptors (Lipinski definition) is 3. The summed E-state index contributed by atoms with van der Waals surface area (Å²) in [6, 6.07) is 5.56. The van der Waals surface area contributed by atoms with E-state index in [1.54, 1.807) is 6.07 Å². The zero-order valence-corrected chi connectivity index (χ0v) is 10.6. The SMILES string of the molecule is COCC(C)(Oc1cccc(C)c1C)C(=O)O. The van der Waals surface area contributed by atoms with Crippen molar-refractivity contribution >= 4 is 5.97 Å². The molecule has 0 saturated carbocycles. The Morgan fingerprint density at radius 2 is 2.06 bits per heavy atom. The van der Waals surface area contributed by atoms with Crippen LogP contribution in [-0.2, 0) is 9.53 Å². The Labute approximate surface area is 101 Å². The van der Waals surface area contributed by atoms with Gasteiger partial charge >= 0.3 is 5.97 Å². The van der Waals surface area contributed by atoms with Gasteiger partial charge in [-0.1, -0.05) is 12.1 Å². The quantitative estimate of drug-likeness (QED) is 0.854. The van der Waals surface area contributed by atoms with Gasteiger partial charge in [0.2, 0.25) is 5.60 Å². The van der Waals surface area contributed by atoms with Crippen LogP contribution in [0, 0.1) is 13.8 Å². The lowest BCUT2D eigenvalue weighted by Gasteiger charge is -2.26. The van der Waals surface area contributed by atoms with Crippen molar-refractivity contribution in [3.05, 3.63) is 29.3 Å². The van der Waals surface area contributed by atoms with Crippen LogP contribution in [0.4, 0.5) is 0 Å². The Kier molecular flexibility index (Phi) is 4.12. The second-order valence-electron chi connectivity index (χ2n) is 4.27. The van der Waals surface area contributed by atoms with Crippen LogP contribution in [0.2, 0.25) is 0 Å². The normalized spacial score (nSPS) is 14.1. The van der Waals surface area contributed by atoms with Crippen LogP contribution in [0.1, 0.15) is 18.1 Å². The first-order valence-corrected chi connectivity index (χ1v) is 5.38. The van der Waals surface area contributed by atoms with Crippen molar-refractivity contribution in [2.45, 2.75) is 26.4 Å². The van der Waals surface area contributed by atoms with Crippen LogP contribution < -0.4 is 4.74 Å². The number of carboxylic acid groups (broad SMARTS) is 1. The zero-order valence-electron chi connectivity index (χ0n) is 10.6. The first-order chi connectivity index (χ1) is 7.90. The van der Waals surface area contributed by atoms with E-state index in [9.17, 15) is 9.90 Å². The summed E-state index contributed by atoms with van der Waals surface area (Å²) in [7, 11) is 1.45. The van der Waals surface area contributed by atoms with E-state index in [0.29, 0.717) is 5.75 Å². The van der Waals surface area contributed by atoms with Gasteiger partial charge in [-0.25, -0.2) is 4.79 Å². The maximum atomic E-state index is 11.2. The van der Waals surface area contributed by atoms with E-state index in [1.807, 2.05) is 26.0 Å². The van der Waals surface area contributed by atoms with E-state index in [4.69, 9.17) is 9.47 Å². The van der Waals surface area contributed by atoms with Gasteiger partial charge in [-0.05, 0) is 38.0 Å². The number of carbonyl (C=O) groups is 1. The summed E-state index contributed by atoms with van der Waals surface area (Å²) in [5.41, 5.74) is 0.636. The smallest absolute Gasteiger partial charge is 0.350 e. The molecule has 94 valence electrons. The van der Waals surface area contributed by atoms with E-state index in [2.05, 4.69) is 0 Å². The van der Waals surface area contributed by atoms with Crippen molar-refractivity contribution in [1.82, 2.24) is 0 Å². The number of aliphatic carboxylic acids is 1. The lowest BCUT2D eigenvalue weighted by molar-refractivity contribution is -0.158. The van der Waals surface area contributed by atoms with Gasteiger partial charge in [0.1, 0.15) is 5.75 Å². The summed E-state index contributed by atoms with van der Waals surface area (Å²) in [4.78, 5) is 11.2. The third-order valence-corrected chi connectivity index (χ3v) is 2.76. The van der Waals surface area contributed by atoms with Gasteiger partial charge in [0.25, 0.3) is 0 Å². The van der Waals surface area contributed by atoms with Crippen molar-refractivity contribution in [2.75, 3.05) is 13.7 Å². The number of hydrogen-bond donors (Lipinski definition) is 1. The predicted molar refractivity (Wildman–Crippen MR) is 64.5 cm³/mol. The third-order valence-electron chi connectivity index (χ3n) is 2.76. The Bertz CT molecular complexity index is 414. The van der Waals surface area contributed by atoms with E-state index in [0.717, 1.165) is 11.1 Å². The van der Waals surface area contributed by atoms with Crippen LogP contribution >= 0.6 is 0 Å². The highest BCUT2D eigenvalue weighted by Crippen LogP contribution is 2.25. The van der Waals surface area contributed by atoms with Crippen molar-refractivity contribution in [3.8, 4) is 5.75 Å². The van der Waals surface area contributed by atoms with E-state index >= 15 is 0 Å². The number of rotatable bonds is 5. The van der Waals surface area contributed by atoms with Gasteiger partial charge in [0, 0.05) is 7.11 Å². The maximum absolute atomic E-state index is 11.2. The first-order valence-electron chi connectivity index (χ1n) is 5.38. The molecule has 0 aliphatic heterocycles. The number of aryl methyl sites for hydroxylation is 1. The molecule has 1 aromatic carbocycles. The molecule has 0 bridgehead atoms. The molecule has 1 rings (SSSR count). The summed E-state index contributed by atoms with van der Waals surface area (Å²) < 4.78 is 10.5. The molecule has 0 aliphatic rings. The molecule has 0 amide bonds. The number of methoxy groups -OCH3 is 1. The molecule has 4 nitrogen and oxygen atoms in total. The minimum atomic E-state index is -1.37. The van der Waals surface area contributed by atoms with Gasteiger partial charge in [-0.15, -0.1) is 0 Å². The molecule has 0 fully saturated rings. The van der Waals surface area contributed by atoms with Gasteiger partial charge < -0.3 is 14.6 Å². The fourth-order valence-corrected chi connectivity index (χ4v) is 1.49. The highest BCUT2D eigenvalue weighted by Gasteiger charge is 2.36. The second kappa shape index (κ2) is 5.19. The molecular weight excluding hydrogens is 220 g/mol. The number of carboxylic acids is 1. The molecule has 0 aromatic heterocycles. The molecule has 0 heterocycles. The van der Waals surface area contributed by atoms with Crippen LogP contribution in [0.15, 0.2) is 18.2 Å². The summed E-state index contributed by atoms with van der Waals surface area (Å²) in [5.74, 6) is -0.466. The molecule has 0 spiro atoms. The molecule has 0 radical (unpaired) electrons. The van der Waals surface area contributed by atoms with E-state index in [1.165, 1.54) is 14.0 Å². The van der Waals surface area contributed by atoms with E-state index in [-0.39, 0.29) is 6.61 Å².